The Hall–Kier alpha value is -1.32. The van der Waals surface area contributed by atoms with E-state index in [1.165, 1.54) is 12.5 Å². The second kappa shape index (κ2) is 6.42. The lowest BCUT2D eigenvalue weighted by atomic mass is 10.2. The van der Waals surface area contributed by atoms with E-state index in [9.17, 15) is 8.42 Å². The lowest BCUT2D eigenvalue weighted by Gasteiger charge is -2.02. The first-order chi connectivity index (χ1) is 8.10. The van der Waals surface area contributed by atoms with Crippen molar-refractivity contribution < 1.29 is 8.42 Å². The van der Waals surface area contributed by atoms with Crippen LogP contribution in [0.1, 0.15) is 26.2 Å². The van der Waals surface area contributed by atoms with E-state index in [2.05, 4.69) is 15.6 Å². The van der Waals surface area contributed by atoms with Crippen LogP contribution in [0.2, 0.25) is 0 Å². The van der Waals surface area contributed by atoms with E-state index in [1.54, 1.807) is 4.57 Å². The third kappa shape index (κ3) is 4.21. The predicted octanol–water partition coefficient (Wildman–Crippen LogP) is 0.985. The van der Waals surface area contributed by atoms with Gasteiger partial charge in [-0.15, -0.1) is 12.3 Å². The van der Waals surface area contributed by atoms with Crippen molar-refractivity contribution in [2.45, 2.75) is 37.8 Å². The van der Waals surface area contributed by atoms with Crippen molar-refractivity contribution in [1.29, 1.82) is 0 Å². The van der Waals surface area contributed by atoms with Gasteiger partial charge in [0.2, 0.25) is 0 Å². The molecule has 0 fully saturated rings. The van der Waals surface area contributed by atoms with Crippen LogP contribution < -0.4 is 4.72 Å². The Labute approximate surface area is 102 Å². The molecular formula is C11H17N3O2S. The topological polar surface area (TPSA) is 64.0 Å². The zero-order valence-electron chi connectivity index (χ0n) is 9.89. The van der Waals surface area contributed by atoms with E-state index in [0.717, 1.165) is 12.8 Å². The molecule has 17 heavy (non-hydrogen) atoms. The van der Waals surface area contributed by atoms with E-state index in [1.807, 2.05) is 6.92 Å². The molecule has 1 heterocycles. The highest BCUT2D eigenvalue weighted by molar-refractivity contribution is 7.89. The second-order valence-corrected chi connectivity index (χ2v) is 5.32. The minimum atomic E-state index is -3.47. The first-order valence-corrected chi connectivity index (χ1v) is 7.03. The van der Waals surface area contributed by atoms with Crippen LogP contribution in [0.25, 0.3) is 0 Å². The van der Waals surface area contributed by atoms with Crippen LogP contribution in [0.3, 0.4) is 0 Å². The minimum absolute atomic E-state index is 0.0660. The molecule has 0 bridgehead atoms. The van der Waals surface area contributed by atoms with Gasteiger partial charge in [0, 0.05) is 25.7 Å². The van der Waals surface area contributed by atoms with Gasteiger partial charge in [-0.1, -0.05) is 0 Å². The molecule has 0 saturated carbocycles. The first kappa shape index (κ1) is 13.7. The van der Waals surface area contributed by atoms with Gasteiger partial charge < -0.3 is 4.57 Å². The molecule has 1 aromatic rings. The summed E-state index contributed by atoms with van der Waals surface area (Å²) in [6, 6.07) is 0. The summed E-state index contributed by atoms with van der Waals surface area (Å²) in [5.74, 6) is 2.52. The van der Waals surface area contributed by atoms with Gasteiger partial charge in [0.15, 0.2) is 5.03 Å². The largest absolute Gasteiger partial charge is 0.336 e. The number of rotatable bonds is 7. The fourth-order valence-corrected chi connectivity index (χ4v) is 2.30. The third-order valence-corrected chi connectivity index (χ3v) is 3.64. The summed E-state index contributed by atoms with van der Waals surface area (Å²) in [5.41, 5.74) is 0. The number of nitrogens with zero attached hydrogens (tertiary/aromatic N) is 2. The molecule has 1 N–H and O–H groups in total. The number of hydrogen-bond acceptors (Lipinski definition) is 3. The smallest absolute Gasteiger partial charge is 0.259 e. The summed E-state index contributed by atoms with van der Waals surface area (Å²) in [6.07, 6.45) is 10.4. The molecule has 0 atom stereocenters. The number of terminal acetylenes is 1. The molecule has 0 aliphatic carbocycles. The van der Waals surface area contributed by atoms with Crippen molar-refractivity contribution in [2.75, 3.05) is 6.54 Å². The van der Waals surface area contributed by atoms with Crippen molar-refractivity contribution in [3.05, 3.63) is 12.5 Å². The van der Waals surface area contributed by atoms with Crippen LogP contribution in [0.4, 0.5) is 0 Å². The molecular weight excluding hydrogens is 238 g/mol. The summed E-state index contributed by atoms with van der Waals surface area (Å²) in [7, 11) is -3.47. The molecule has 0 aliphatic rings. The fraction of sp³-hybridized carbons (Fsp3) is 0.545. The van der Waals surface area contributed by atoms with Crippen LogP contribution >= 0.6 is 0 Å². The van der Waals surface area contributed by atoms with Crippen molar-refractivity contribution >= 4 is 10.0 Å². The molecule has 0 radical (unpaired) electrons. The molecule has 1 rings (SSSR count). The molecule has 6 heteroatoms. The summed E-state index contributed by atoms with van der Waals surface area (Å²) in [4.78, 5) is 3.85. The number of hydrogen-bond donors (Lipinski definition) is 1. The SMILES string of the molecule is C#CCCCCNS(=O)(=O)c1cn(CC)cn1. The van der Waals surface area contributed by atoms with Gasteiger partial charge in [-0.25, -0.2) is 18.1 Å². The van der Waals surface area contributed by atoms with Gasteiger partial charge in [-0.2, -0.15) is 0 Å². The third-order valence-electron chi connectivity index (χ3n) is 2.29. The second-order valence-electron chi connectivity index (χ2n) is 3.60. The zero-order chi connectivity index (χ0) is 12.7. The van der Waals surface area contributed by atoms with Gasteiger partial charge in [0.05, 0.1) is 6.33 Å². The summed E-state index contributed by atoms with van der Waals surface area (Å²) >= 11 is 0. The number of unbranched alkanes of at least 4 members (excludes halogenated alkanes) is 2. The minimum Gasteiger partial charge on any atom is -0.336 e. The summed E-state index contributed by atoms with van der Waals surface area (Å²) in [5, 5.41) is 0.0660. The highest BCUT2D eigenvalue weighted by Crippen LogP contribution is 2.05. The monoisotopic (exact) mass is 255 g/mol. The van der Waals surface area contributed by atoms with Crippen molar-refractivity contribution in [3.8, 4) is 12.3 Å². The Morgan fingerprint density at radius 2 is 2.29 bits per heavy atom. The first-order valence-electron chi connectivity index (χ1n) is 5.55. The molecule has 94 valence electrons. The maximum absolute atomic E-state index is 11.8. The van der Waals surface area contributed by atoms with Gasteiger partial charge in [-0.3, -0.25) is 0 Å². The Morgan fingerprint density at radius 3 is 2.88 bits per heavy atom. The quantitative estimate of drug-likeness (QED) is 0.583. The Morgan fingerprint density at radius 1 is 1.53 bits per heavy atom. The van der Waals surface area contributed by atoms with Gasteiger partial charge in [0.25, 0.3) is 10.0 Å². The summed E-state index contributed by atoms with van der Waals surface area (Å²) < 4.78 is 27.7. The molecule has 0 saturated heterocycles. The van der Waals surface area contributed by atoms with Crippen LogP contribution in [0, 0.1) is 12.3 Å². The van der Waals surface area contributed by atoms with Crippen LogP contribution in [-0.4, -0.2) is 24.5 Å². The van der Waals surface area contributed by atoms with Crippen molar-refractivity contribution in [1.82, 2.24) is 14.3 Å². The van der Waals surface area contributed by atoms with Gasteiger partial charge in [0.1, 0.15) is 0 Å². The van der Waals surface area contributed by atoms with E-state index in [0.29, 0.717) is 19.5 Å². The van der Waals surface area contributed by atoms with E-state index < -0.39 is 10.0 Å². The highest BCUT2D eigenvalue weighted by atomic mass is 32.2. The lowest BCUT2D eigenvalue weighted by Crippen LogP contribution is -2.25. The molecule has 0 aliphatic heterocycles. The van der Waals surface area contributed by atoms with Gasteiger partial charge in [-0.05, 0) is 19.8 Å². The molecule has 0 amide bonds. The molecule has 1 aromatic heterocycles. The normalized spacial score (nSPS) is 11.3. The highest BCUT2D eigenvalue weighted by Gasteiger charge is 2.15. The predicted molar refractivity (Wildman–Crippen MR) is 65.8 cm³/mol. The van der Waals surface area contributed by atoms with Crippen molar-refractivity contribution in [3.63, 3.8) is 0 Å². The number of imidazole rings is 1. The van der Waals surface area contributed by atoms with Crippen molar-refractivity contribution in [2.24, 2.45) is 0 Å². The number of nitrogens with one attached hydrogen (secondary N) is 1. The molecule has 0 spiro atoms. The average molecular weight is 255 g/mol. The molecule has 0 unspecified atom stereocenters. The Balaban J connectivity index is 2.49. The fourth-order valence-electron chi connectivity index (χ4n) is 1.28. The summed E-state index contributed by atoms with van der Waals surface area (Å²) in [6.45, 7) is 3.01. The maximum Gasteiger partial charge on any atom is 0.259 e. The molecule has 0 aromatic carbocycles. The molecule has 5 nitrogen and oxygen atoms in total. The average Bonchev–Trinajstić information content (AvgIpc) is 2.78. The number of aryl methyl sites for hydroxylation is 1. The van der Waals surface area contributed by atoms with E-state index >= 15 is 0 Å². The van der Waals surface area contributed by atoms with Crippen LogP contribution in [0.15, 0.2) is 17.6 Å². The Kier molecular flexibility index (Phi) is 5.19. The van der Waals surface area contributed by atoms with Crippen LogP contribution in [-0.2, 0) is 16.6 Å². The van der Waals surface area contributed by atoms with E-state index in [4.69, 9.17) is 6.42 Å². The standard InChI is InChI=1S/C11H17N3O2S/c1-3-5-6-7-8-13-17(15,16)11-9-14(4-2)10-12-11/h1,9-10,13H,4-8H2,2H3. The van der Waals surface area contributed by atoms with Gasteiger partial charge >= 0.3 is 0 Å². The number of aromatic nitrogens is 2. The lowest BCUT2D eigenvalue weighted by molar-refractivity contribution is 0.574. The Bertz CT molecular complexity index is 485. The number of sulfonamides is 1. The maximum atomic E-state index is 11.8. The van der Waals surface area contributed by atoms with E-state index in [-0.39, 0.29) is 5.03 Å². The van der Waals surface area contributed by atoms with Crippen LogP contribution in [0.5, 0.6) is 0 Å². The zero-order valence-corrected chi connectivity index (χ0v) is 10.7.